The molecule has 1 aromatic rings. The van der Waals surface area contributed by atoms with E-state index < -0.39 is 0 Å². The monoisotopic (exact) mass is 315 g/mol. The summed E-state index contributed by atoms with van der Waals surface area (Å²) >= 11 is 0. The number of nitrogens with zero attached hydrogens (tertiary/aromatic N) is 1. The van der Waals surface area contributed by atoms with Gasteiger partial charge < -0.3 is 9.64 Å². The summed E-state index contributed by atoms with van der Waals surface area (Å²) in [6.45, 7) is 6.48. The van der Waals surface area contributed by atoms with Crippen LogP contribution in [0.5, 0.6) is 5.75 Å². The second-order valence-electron chi connectivity index (χ2n) is 7.66. The maximum atomic E-state index is 13.6. The molecule has 2 aliphatic heterocycles. The summed E-state index contributed by atoms with van der Waals surface area (Å²) in [5.74, 6) is 2.24. The lowest BCUT2D eigenvalue weighted by atomic mass is 9.74. The summed E-state index contributed by atoms with van der Waals surface area (Å²) in [7, 11) is 0. The van der Waals surface area contributed by atoms with E-state index in [9.17, 15) is 4.39 Å². The highest BCUT2D eigenvalue weighted by molar-refractivity contribution is 5.44. The summed E-state index contributed by atoms with van der Waals surface area (Å²) in [6, 6.07) is 4.99. The van der Waals surface area contributed by atoms with E-state index in [2.05, 4.69) is 24.0 Å². The van der Waals surface area contributed by atoms with Gasteiger partial charge in [-0.05, 0) is 68.8 Å². The standard InChI is InChI=1S/C20H26FNO/c1-15(16-4-2-3-5-16)13-22-10-8-20(9-11-22)14-23-19-7-6-17(21)12-18(19)20/h2,4,6-7,12,15-16H,3,5,8-11,13-14H2,1H3/t15-,16+/m1/s1. The number of hydrogen-bond donors (Lipinski definition) is 0. The van der Waals surface area contributed by atoms with Crippen molar-refractivity contribution in [1.29, 1.82) is 0 Å². The van der Waals surface area contributed by atoms with Crippen LogP contribution in [-0.4, -0.2) is 31.1 Å². The largest absolute Gasteiger partial charge is 0.492 e. The molecule has 124 valence electrons. The van der Waals surface area contributed by atoms with Crippen molar-refractivity contribution < 1.29 is 9.13 Å². The van der Waals surface area contributed by atoms with E-state index in [0.717, 1.165) is 55.7 Å². The minimum atomic E-state index is -0.141. The fourth-order valence-corrected chi connectivity index (χ4v) is 4.59. The average Bonchev–Trinajstić information content (AvgIpc) is 3.20. The Morgan fingerprint density at radius 2 is 2.17 bits per heavy atom. The number of ether oxygens (including phenoxy) is 1. The lowest BCUT2D eigenvalue weighted by molar-refractivity contribution is 0.116. The minimum absolute atomic E-state index is 0.0461. The lowest BCUT2D eigenvalue weighted by Gasteiger charge is -2.40. The van der Waals surface area contributed by atoms with Gasteiger partial charge in [-0.15, -0.1) is 0 Å². The maximum absolute atomic E-state index is 13.6. The Bertz CT molecular complexity index is 604. The molecule has 0 bridgehead atoms. The second-order valence-corrected chi connectivity index (χ2v) is 7.66. The number of allylic oxidation sites excluding steroid dienone is 2. The van der Waals surface area contributed by atoms with Crippen LogP contribution in [0.15, 0.2) is 30.4 Å². The Kier molecular flexibility index (Phi) is 3.92. The first-order chi connectivity index (χ1) is 11.2. The number of halogens is 1. The predicted molar refractivity (Wildman–Crippen MR) is 90.3 cm³/mol. The van der Waals surface area contributed by atoms with E-state index >= 15 is 0 Å². The van der Waals surface area contributed by atoms with Crippen LogP contribution in [0.2, 0.25) is 0 Å². The van der Waals surface area contributed by atoms with Gasteiger partial charge in [-0.3, -0.25) is 0 Å². The molecule has 1 fully saturated rings. The van der Waals surface area contributed by atoms with Crippen LogP contribution in [0.25, 0.3) is 0 Å². The Hall–Kier alpha value is -1.35. The van der Waals surface area contributed by atoms with Crippen LogP contribution in [0, 0.1) is 17.7 Å². The molecule has 0 aromatic heterocycles. The third-order valence-corrected chi connectivity index (χ3v) is 6.16. The molecule has 3 heteroatoms. The molecule has 4 rings (SSSR count). The molecule has 0 unspecified atom stereocenters. The zero-order valence-corrected chi connectivity index (χ0v) is 13.9. The molecule has 2 heterocycles. The van der Waals surface area contributed by atoms with Crippen molar-refractivity contribution in [3.63, 3.8) is 0 Å². The molecule has 0 N–H and O–H groups in total. The van der Waals surface area contributed by atoms with E-state index in [1.165, 1.54) is 25.5 Å². The topological polar surface area (TPSA) is 12.5 Å². The molecule has 1 aromatic carbocycles. The third-order valence-electron chi connectivity index (χ3n) is 6.16. The zero-order chi connectivity index (χ0) is 15.9. The number of fused-ring (bicyclic) bond motifs is 2. The number of rotatable bonds is 3. The van der Waals surface area contributed by atoms with E-state index in [1.54, 1.807) is 12.1 Å². The first-order valence-corrected chi connectivity index (χ1v) is 8.98. The van der Waals surface area contributed by atoms with E-state index in [4.69, 9.17) is 4.74 Å². The zero-order valence-electron chi connectivity index (χ0n) is 13.9. The Morgan fingerprint density at radius 1 is 1.35 bits per heavy atom. The molecule has 1 saturated heterocycles. The van der Waals surface area contributed by atoms with Gasteiger partial charge >= 0.3 is 0 Å². The maximum Gasteiger partial charge on any atom is 0.123 e. The number of benzene rings is 1. The molecule has 1 aliphatic carbocycles. The highest BCUT2D eigenvalue weighted by Gasteiger charge is 2.43. The van der Waals surface area contributed by atoms with Gasteiger partial charge in [-0.1, -0.05) is 19.1 Å². The van der Waals surface area contributed by atoms with Gasteiger partial charge in [0.15, 0.2) is 0 Å². The minimum Gasteiger partial charge on any atom is -0.492 e. The van der Waals surface area contributed by atoms with E-state index in [1.807, 2.05) is 0 Å². The van der Waals surface area contributed by atoms with Crippen molar-refractivity contribution in [2.75, 3.05) is 26.2 Å². The Labute approximate surface area is 138 Å². The number of likely N-dealkylation sites (tertiary alicyclic amines) is 1. The van der Waals surface area contributed by atoms with Gasteiger partial charge in [0.2, 0.25) is 0 Å². The van der Waals surface area contributed by atoms with Gasteiger partial charge in [-0.25, -0.2) is 4.39 Å². The Balaban J connectivity index is 1.40. The van der Waals surface area contributed by atoms with Crippen molar-refractivity contribution in [1.82, 2.24) is 4.90 Å². The quantitative estimate of drug-likeness (QED) is 0.777. The van der Waals surface area contributed by atoms with Crippen molar-refractivity contribution in [2.45, 2.75) is 38.0 Å². The number of hydrogen-bond acceptors (Lipinski definition) is 2. The second kappa shape index (κ2) is 5.94. The highest BCUT2D eigenvalue weighted by atomic mass is 19.1. The SMILES string of the molecule is C[C@H](CN1CCC2(CC1)COc1ccc(F)cc12)[C@H]1C=CCC1. The summed E-state index contributed by atoms with van der Waals surface area (Å²) in [6.07, 6.45) is 9.46. The molecular weight excluding hydrogens is 289 g/mol. The molecule has 0 saturated carbocycles. The van der Waals surface area contributed by atoms with E-state index in [0.29, 0.717) is 0 Å². The summed E-state index contributed by atoms with van der Waals surface area (Å²) in [5.41, 5.74) is 1.15. The highest BCUT2D eigenvalue weighted by Crippen LogP contribution is 2.45. The molecule has 0 amide bonds. The average molecular weight is 315 g/mol. The first kappa shape index (κ1) is 15.2. The third kappa shape index (κ3) is 2.80. The summed E-state index contributed by atoms with van der Waals surface area (Å²) < 4.78 is 19.5. The molecule has 2 nitrogen and oxygen atoms in total. The normalized spacial score (nSPS) is 27.1. The fourth-order valence-electron chi connectivity index (χ4n) is 4.59. The first-order valence-electron chi connectivity index (χ1n) is 8.98. The van der Waals surface area contributed by atoms with Crippen LogP contribution in [-0.2, 0) is 5.41 Å². The van der Waals surface area contributed by atoms with Crippen molar-refractivity contribution in [3.8, 4) is 5.75 Å². The van der Waals surface area contributed by atoms with Gasteiger partial charge in [0, 0.05) is 17.5 Å². The summed E-state index contributed by atoms with van der Waals surface area (Å²) in [4.78, 5) is 2.60. The van der Waals surface area contributed by atoms with Crippen molar-refractivity contribution in [3.05, 3.63) is 41.7 Å². The van der Waals surface area contributed by atoms with Gasteiger partial charge in [0.1, 0.15) is 11.6 Å². The van der Waals surface area contributed by atoms with Gasteiger partial charge in [-0.2, -0.15) is 0 Å². The fraction of sp³-hybridized carbons (Fsp3) is 0.600. The van der Waals surface area contributed by atoms with Crippen molar-refractivity contribution >= 4 is 0 Å². The molecule has 1 spiro atoms. The molecule has 2 atom stereocenters. The molecular formula is C20H26FNO. The smallest absolute Gasteiger partial charge is 0.123 e. The summed E-state index contributed by atoms with van der Waals surface area (Å²) in [5, 5.41) is 0. The van der Waals surface area contributed by atoms with Crippen LogP contribution >= 0.6 is 0 Å². The lowest BCUT2D eigenvalue weighted by Crippen LogP contribution is -2.45. The van der Waals surface area contributed by atoms with Gasteiger partial charge in [0.25, 0.3) is 0 Å². The van der Waals surface area contributed by atoms with Crippen molar-refractivity contribution in [2.24, 2.45) is 11.8 Å². The van der Waals surface area contributed by atoms with Crippen LogP contribution < -0.4 is 4.74 Å². The Morgan fingerprint density at radius 3 is 2.91 bits per heavy atom. The molecule has 3 aliphatic rings. The van der Waals surface area contributed by atoms with Gasteiger partial charge in [0.05, 0.1) is 6.61 Å². The van der Waals surface area contributed by atoms with E-state index in [-0.39, 0.29) is 11.2 Å². The predicted octanol–water partition coefficient (Wildman–Crippen LogP) is 4.15. The molecule has 0 radical (unpaired) electrons. The van der Waals surface area contributed by atoms with Crippen LogP contribution in [0.3, 0.4) is 0 Å². The number of piperidine rings is 1. The van der Waals surface area contributed by atoms with Crippen LogP contribution in [0.4, 0.5) is 4.39 Å². The van der Waals surface area contributed by atoms with Crippen LogP contribution in [0.1, 0.15) is 38.2 Å². The molecule has 23 heavy (non-hydrogen) atoms.